The number of carbonyl (C=O) groups is 3. The molecule has 2 aromatic rings. The number of nitrogens with two attached hydrogens (primary N) is 1. The van der Waals surface area contributed by atoms with E-state index in [1.165, 1.54) is 30.3 Å². The lowest BCUT2D eigenvalue weighted by molar-refractivity contribution is 0.0583. The van der Waals surface area contributed by atoms with Gasteiger partial charge in [-0.15, -0.1) is 0 Å². The third-order valence-corrected chi connectivity index (χ3v) is 4.94. The van der Waals surface area contributed by atoms with Crippen LogP contribution in [-0.4, -0.2) is 40.5 Å². The highest BCUT2D eigenvalue weighted by molar-refractivity contribution is 7.92. The molecule has 1 amide bonds. The smallest absolute Gasteiger partial charge is 0.339 e. The van der Waals surface area contributed by atoms with E-state index in [4.69, 9.17) is 5.73 Å². The summed E-state index contributed by atoms with van der Waals surface area (Å²) in [6.45, 7) is 0. The van der Waals surface area contributed by atoms with Gasteiger partial charge in [0.15, 0.2) is 0 Å². The van der Waals surface area contributed by atoms with Crippen LogP contribution < -0.4 is 10.5 Å². The van der Waals surface area contributed by atoms with Gasteiger partial charge in [-0.25, -0.2) is 18.0 Å². The van der Waals surface area contributed by atoms with Crippen LogP contribution in [0.15, 0.2) is 47.4 Å². The van der Waals surface area contributed by atoms with E-state index in [-0.39, 0.29) is 22.4 Å². The Hall–Kier alpha value is -3.40. The predicted molar refractivity (Wildman–Crippen MR) is 94.9 cm³/mol. The van der Waals surface area contributed by atoms with Crippen molar-refractivity contribution in [2.24, 2.45) is 5.73 Å². The Kier molecular flexibility index (Phi) is 5.81. The maximum Gasteiger partial charge on any atom is 0.339 e. The molecule has 0 radical (unpaired) electrons. The largest absolute Gasteiger partial charge is 0.465 e. The van der Waals surface area contributed by atoms with Gasteiger partial charge in [0.05, 0.1) is 25.3 Å². The fourth-order valence-electron chi connectivity index (χ4n) is 2.18. The molecule has 2 aromatic carbocycles. The molecule has 0 aromatic heterocycles. The summed E-state index contributed by atoms with van der Waals surface area (Å²) in [7, 11) is -2.03. The average Bonchev–Trinajstić information content (AvgIpc) is 2.66. The number of amides is 1. The Morgan fingerprint density at radius 2 is 1.44 bits per heavy atom. The average molecular weight is 392 g/mol. The summed E-state index contributed by atoms with van der Waals surface area (Å²) in [6, 6.07) is 8.76. The number of nitrogens with one attached hydrogen (secondary N) is 1. The lowest BCUT2D eigenvalue weighted by atomic mass is 10.1. The molecule has 0 bridgehead atoms. The Labute approximate surface area is 155 Å². The van der Waals surface area contributed by atoms with Gasteiger partial charge in [0.2, 0.25) is 5.91 Å². The summed E-state index contributed by atoms with van der Waals surface area (Å²) < 4.78 is 37.0. The monoisotopic (exact) mass is 392 g/mol. The number of ether oxygens (including phenoxy) is 2. The topological polar surface area (TPSA) is 142 Å². The van der Waals surface area contributed by atoms with Crippen molar-refractivity contribution >= 4 is 33.6 Å². The summed E-state index contributed by atoms with van der Waals surface area (Å²) in [5.41, 5.74) is 5.14. The first-order valence-electron chi connectivity index (χ1n) is 7.43. The van der Waals surface area contributed by atoms with E-state index in [9.17, 15) is 22.8 Å². The van der Waals surface area contributed by atoms with Crippen LogP contribution in [0.3, 0.4) is 0 Å². The van der Waals surface area contributed by atoms with Crippen molar-refractivity contribution < 1.29 is 32.3 Å². The van der Waals surface area contributed by atoms with Crippen molar-refractivity contribution in [2.45, 2.75) is 4.90 Å². The van der Waals surface area contributed by atoms with Crippen LogP contribution in [0.5, 0.6) is 0 Å². The molecule has 0 aliphatic rings. The van der Waals surface area contributed by atoms with Crippen molar-refractivity contribution in [3.8, 4) is 0 Å². The van der Waals surface area contributed by atoms with Crippen LogP contribution in [0.25, 0.3) is 0 Å². The summed E-state index contributed by atoms with van der Waals surface area (Å²) in [6.07, 6.45) is 0. The normalized spacial score (nSPS) is 10.7. The van der Waals surface area contributed by atoms with Crippen LogP contribution in [0.2, 0.25) is 0 Å². The molecule has 0 fully saturated rings. The first kappa shape index (κ1) is 19.9. The van der Waals surface area contributed by atoms with Gasteiger partial charge in [-0.3, -0.25) is 9.52 Å². The maximum absolute atomic E-state index is 12.8. The SMILES string of the molecule is COC(=O)c1ccc(C(=O)OC)c(S(=O)(=O)Nc2ccc(C(N)=O)cc2)c1. The molecule has 0 spiro atoms. The van der Waals surface area contributed by atoms with Gasteiger partial charge < -0.3 is 15.2 Å². The molecule has 0 unspecified atom stereocenters. The molecule has 3 N–H and O–H groups in total. The van der Waals surface area contributed by atoms with Crippen LogP contribution >= 0.6 is 0 Å². The van der Waals surface area contributed by atoms with Crippen LogP contribution in [0, 0.1) is 0 Å². The molecule has 0 saturated heterocycles. The van der Waals surface area contributed by atoms with E-state index in [1.54, 1.807) is 0 Å². The molecular weight excluding hydrogens is 376 g/mol. The van der Waals surface area contributed by atoms with Crippen LogP contribution in [-0.2, 0) is 19.5 Å². The van der Waals surface area contributed by atoms with E-state index in [1.807, 2.05) is 0 Å². The highest BCUT2D eigenvalue weighted by Crippen LogP contribution is 2.23. The highest BCUT2D eigenvalue weighted by Gasteiger charge is 2.25. The Bertz CT molecular complexity index is 998. The van der Waals surface area contributed by atoms with Crippen molar-refractivity contribution in [1.29, 1.82) is 0 Å². The molecule has 0 heterocycles. The van der Waals surface area contributed by atoms with Gasteiger partial charge in [-0.05, 0) is 42.5 Å². The van der Waals surface area contributed by atoms with E-state index >= 15 is 0 Å². The molecule has 0 atom stereocenters. The second-order valence-corrected chi connectivity index (χ2v) is 6.89. The lowest BCUT2D eigenvalue weighted by Crippen LogP contribution is -2.19. The van der Waals surface area contributed by atoms with Gasteiger partial charge in [0.25, 0.3) is 10.0 Å². The Morgan fingerprint density at radius 3 is 1.96 bits per heavy atom. The number of benzene rings is 2. The number of hydrogen-bond acceptors (Lipinski definition) is 7. The number of hydrogen-bond donors (Lipinski definition) is 2. The number of esters is 2. The minimum atomic E-state index is -4.27. The predicted octanol–water partition coefficient (Wildman–Crippen LogP) is 1.16. The molecule has 27 heavy (non-hydrogen) atoms. The molecule has 0 aliphatic carbocycles. The van der Waals surface area contributed by atoms with Gasteiger partial charge in [-0.1, -0.05) is 0 Å². The van der Waals surface area contributed by atoms with Gasteiger partial charge in [0.1, 0.15) is 4.90 Å². The lowest BCUT2D eigenvalue weighted by Gasteiger charge is -2.13. The fourth-order valence-corrected chi connectivity index (χ4v) is 3.46. The molecule has 0 saturated carbocycles. The Balaban J connectivity index is 2.50. The standard InChI is InChI=1S/C17H16N2O7S/c1-25-16(21)11-5-8-13(17(22)26-2)14(9-11)27(23,24)19-12-6-3-10(4-7-12)15(18)20/h3-9,19H,1-2H3,(H2,18,20). The van der Waals surface area contributed by atoms with E-state index in [0.29, 0.717) is 0 Å². The maximum atomic E-state index is 12.8. The number of methoxy groups -OCH3 is 2. The first-order chi connectivity index (χ1) is 12.7. The molecule has 2 rings (SSSR count). The van der Waals surface area contributed by atoms with Crippen LogP contribution in [0.4, 0.5) is 5.69 Å². The second-order valence-electron chi connectivity index (χ2n) is 5.24. The number of primary amides is 1. The van der Waals surface area contributed by atoms with Crippen LogP contribution in [0.1, 0.15) is 31.1 Å². The zero-order valence-corrected chi connectivity index (χ0v) is 15.2. The number of anilines is 1. The fraction of sp³-hybridized carbons (Fsp3) is 0.118. The van der Waals surface area contributed by atoms with Crippen molar-refractivity contribution in [3.05, 3.63) is 59.2 Å². The zero-order valence-electron chi connectivity index (χ0n) is 14.4. The molecule has 0 aliphatic heterocycles. The number of sulfonamides is 1. The minimum absolute atomic E-state index is 0.0606. The van der Waals surface area contributed by atoms with Gasteiger partial charge in [-0.2, -0.15) is 0 Å². The highest BCUT2D eigenvalue weighted by atomic mass is 32.2. The number of rotatable bonds is 6. The molecule has 9 nitrogen and oxygen atoms in total. The van der Waals surface area contributed by atoms with E-state index in [2.05, 4.69) is 14.2 Å². The Morgan fingerprint density at radius 1 is 0.889 bits per heavy atom. The number of carbonyl (C=O) groups excluding carboxylic acids is 3. The molecule has 10 heteroatoms. The van der Waals surface area contributed by atoms with E-state index in [0.717, 1.165) is 26.4 Å². The van der Waals surface area contributed by atoms with Crippen molar-refractivity contribution in [1.82, 2.24) is 0 Å². The molecule has 142 valence electrons. The van der Waals surface area contributed by atoms with Gasteiger partial charge >= 0.3 is 11.9 Å². The summed E-state index contributed by atoms with van der Waals surface area (Å²) in [4.78, 5) is 34.3. The van der Waals surface area contributed by atoms with Crippen molar-refractivity contribution in [2.75, 3.05) is 18.9 Å². The minimum Gasteiger partial charge on any atom is -0.465 e. The van der Waals surface area contributed by atoms with Crippen molar-refractivity contribution in [3.63, 3.8) is 0 Å². The quantitative estimate of drug-likeness (QED) is 0.702. The summed E-state index contributed by atoms with van der Waals surface area (Å²) in [5.74, 6) is -2.33. The zero-order chi connectivity index (χ0) is 20.2. The summed E-state index contributed by atoms with van der Waals surface area (Å²) >= 11 is 0. The van der Waals surface area contributed by atoms with Gasteiger partial charge in [0, 0.05) is 11.3 Å². The first-order valence-corrected chi connectivity index (χ1v) is 8.91. The third-order valence-electron chi connectivity index (χ3n) is 3.52. The second kappa shape index (κ2) is 7.87. The van der Waals surface area contributed by atoms with E-state index < -0.39 is 32.8 Å². The third kappa shape index (κ3) is 4.42. The molecular formula is C17H16N2O7S. The summed E-state index contributed by atoms with van der Waals surface area (Å²) in [5, 5.41) is 0.